The molecule has 0 saturated heterocycles. The van der Waals surface area contributed by atoms with Crippen molar-refractivity contribution in [3.8, 4) is 5.75 Å². The number of ketones is 1. The van der Waals surface area contributed by atoms with Crippen LogP contribution in [0.15, 0.2) is 47.6 Å². The molecule has 110 valence electrons. The van der Waals surface area contributed by atoms with E-state index in [2.05, 4.69) is 9.97 Å². The fourth-order valence-corrected chi connectivity index (χ4v) is 3.87. The second kappa shape index (κ2) is 5.18. The Labute approximate surface area is 131 Å². The van der Waals surface area contributed by atoms with E-state index >= 15 is 0 Å². The van der Waals surface area contributed by atoms with Gasteiger partial charge in [-0.1, -0.05) is 36.0 Å². The Hall–Kier alpha value is -2.27. The average Bonchev–Trinajstić information content (AvgIpc) is 3.08. The Bertz CT molecular complexity index is 872. The van der Waals surface area contributed by atoms with Gasteiger partial charge in [-0.25, -0.2) is 4.98 Å². The summed E-state index contributed by atoms with van der Waals surface area (Å²) in [5, 5.41) is 0.675. The minimum absolute atomic E-state index is 0.0974. The molecule has 5 heteroatoms. The molecule has 0 fully saturated rings. The molecule has 1 aromatic heterocycles. The normalized spacial score (nSPS) is 17.0. The standard InChI is InChI=1S/C17H14N2O2S/c1-21-11-6-7-13-14(9-11)19-17(18-13)22-15-8-10-4-2-3-5-12(10)16(15)20/h2-7,9,15H,8H2,1H3,(H,18,19). The predicted octanol–water partition coefficient (Wildman–Crippen LogP) is 3.47. The first kappa shape index (κ1) is 13.4. The number of carbonyl (C=O) groups is 1. The van der Waals surface area contributed by atoms with Gasteiger partial charge in [0.25, 0.3) is 0 Å². The number of hydrogen-bond acceptors (Lipinski definition) is 4. The highest BCUT2D eigenvalue weighted by atomic mass is 32.2. The van der Waals surface area contributed by atoms with E-state index in [0.717, 1.165) is 39.5 Å². The summed E-state index contributed by atoms with van der Waals surface area (Å²) in [5.74, 6) is 0.982. The topological polar surface area (TPSA) is 55.0 Å². The van der Waals surface area contributed by atoms with Crippen LogP contribution in [-0.2, 0) is 6.42 Å². The predicted molar refractivity (Wildman–Crippen MR) is 86.8 cm³/mol. The molecule has 1 aliphatic rings. The van der Waals surface area contributed by atoms with Gasteiger partial charge in [0, 0.05) is 11.6 Å². The molecule has 4 nitrogen and oxygen atoms in total. The highest BCUT2D eigenvalue weighted by Crippen LogP contribution is 2.34. The molecule has 1 unspecified atom stereocenters. The Morgan fingerprint density at radius 3 is 2.95 bits per heavy atom. The summed E-state index contributed by atoms with van der Waals surface area (Å²) in [6.45, 7) is 0. The van der Waals surface area contributed by atoms with Crippen LogP contribution in [0.4, 0.5) is 0 Å². The van der Waals surface area contributed by atoms with E-state index in [4.69, 9.17) is 4.74 Å². The fourth-order valence-electron chi connectivity index (χ4n) is 2.78. The summed E-state index contributed by atoms with van der Waals surface area (Å²) in [6.07, 6.45) is 0.764. The van der Waals surface area contributed by atoms with Crippen molar-refractivity contribution in [1.82, 2.24) is 9.97 Å². The van der Waals surface area contributed by atoms with Gasteiger partial charge in [0.2, 0.25) is 0 Å². The van der Waals surface area contributed by atoms with Crippen LogP contribution in [0.25, 0.3) is 11.0 Å². The first-order valence-corrected chi connectivity index (χ1v) is 7.95. The molecule has 0 aliphatic heterocycles. The van der Waals surface area contributed by atoms with Crippen LogP contribution in [0.5, 0.6) is 5.75 Å². The summed E-state index contributed by atoms with van der Waals surface area (Å²) in [7, 11) is 1.64. The molecule has 1 atom stereocenters. The second-order valence-corrected chi connectivity index (χ2v) is 6.45. The number of hydrogen-bond donors (Lipinski definition) is 1. The van der Waals surface area contributed by atoms with E-state index in [1.54, 1.807) is 7.11 Å². The van der Waals surface area contributed by atoms with E-state index in [-0.39, 0.29) is 11.0 Å². The van der Waals surface area contributed by atoms with Crippen molar-refractivity contribution in [3.05, 3.63) is 53.6 Å². The number of nitrogens with zero attached hydrogens (tertiary/aromatic N) is 1. The van der Waals surface area contributed by atoms with Crippen molar-refractivity contribution in [2.75, 3.05) is 7.11 Å². The van der Waals surface area contributed by atoms with E-state index < -0.39 is 0 Å². The minimum Gasteiger partial charge on any atom is -0.497 e. The lowest BCUT2D eigenvalue weighted by molar-refractivity contribution is 0.1000. The average molecular weight is 310 g/mol. The molecule has 0 bridgehead atoms. The van der Waals surface area contributed by atoms with Gasteiger partial charge in [0.15, 0.2) is 10.9 Å². The maximum atomic E-state index is 12.4. The molecule has 22 heavy (non-hydrogen) atoms. The van der Waals surface area contributed by atoms with Crippen molar-refractivity contribution in [2.45, 2.75) is 16.8 Å². The number of H-pyrrole nitrogens is 1. The maximum absolute atomic E-state index is 12.4. The molecule has 0 saturated carbocycles. The number of nitrogens with one attached hydrogen (secondary N) is 1. The van der Waals surface area contributed by atoms with Gasteiger partial charge < -0.3 is 9.72 Å². The first-order valence-electron chi connectivity index (χ1n) is 7.07. The van der Waals surface area contributed by atoms with Gasteiger partial charge >= 0.3 is 0 Å². The highest BCUT2D eigenvalue weighted by molar-refractivity contribution is 8.00. The number of methoxy groups -OCH3 is 1. The third-order valence-corrected chi connectivity index (χ3v) is 4.98. The number of thioether (sulfide) groups is 1. The number of Topliss-reactive ketones (excluding diaryl/α,β-unsaturated/α-hetero) is 1. The number of fused-ring (bicyclic) bond motifs is 2. The number of ether oxygens (including phenoxy) is 1. The number of aromatic amines is 1. The number of carbonyl (C=O) groups excluding carboxylic acids is 1. The van der Waals surface area contributed by atoms with Crippen molar-refractivity contribution < 1.29 is 9.53 Å². The molecule has 4 rings (SSSR count). The zero-order chi connectivity index (χ0) is 15.1. The molecule has 0 spiro atoms. The Morgan fingerprint density at radius 1 is 1.27 bits per heavy atom. The zero-order valence-corrected chi connectivity index (χ0v) is 12.8. The summed E-state index contributed by atoms with van der Waals surface area (Å²) in [6, 6.07) is 13.5. The Kier molecular flexibility index (Phi) is 3.15. The van der Waals surface area contributed by atoms with Gasteiger partial charge in [0.1, 0.15) is 5.75 Å². The highest BCUT2D eigenvalue weighted by Gasteiger charge is 2.31. The quantitative estimate of drug-likeness (QED) is 0.805. The van der Waals surface area contributed by atoms with Gasteiger partial charge in [-0.2, -0.15) is 0 Å². The first-order chi connectivity index (χ1) is 10.7. The lowest BCUT2D eigenvalue weighted by atomic mass is 10.1. The molecular formula is C17H14N2O2S. The smallest absolute Gasteiger partial charge is 0.176 e. The van der Waals surface area contributed by atoms with Crippen molar-refractivity contribution in [1.29, 1.82) is 0 Å². The second-order valence-electron chi connectivity index (χ2n) is 5.26. The van der Waals surface area contributed by atoms with Gasteiger partial charge in [0.05, 0.1) is 23.4 Å². The summed E-state index contributed by atoms with van der Waals surface area (Å²) in [5.41, 5.74) is 3.77. The molecular weight excluding hydrogens is 296 g/mol. The lowest BCUT2D eigenvalue weighted by Gasteiger charge is -2.03. The zero-order valence-electron chi connectivity index (χ0n) is 12.0. The van der Waals surface area contributed by atoms with Gasteiger partial charge in [-0.05, 0) is 24.1 Å². The van der Waals surface area contributed by atoms with E-state index in [1.807, 2.05) is 42.5 Å². The van der Waals surface area contributed by atoms with Crippen molar-refractivity contribution in [2.24, 2.45) is 0 Å². The monoisotopic (exact) mass is 310 g/mol. The van der Waals surface area contributed by atoms with Crippen LogP contribution >= 0.6 is 11.8 Å². The van der Waals surface area contributed by atoms with Gasteiger partial charge in [-0.3, -0.25) is 4.79 Å². The molecule has 0 amide bonds. The Balaban J connectivity index is 1.61. The van der Waals surface area contributed by atoms with E-state index in [9.17, 15) is 4.79 Å². The van der Waals surface area contributed by atoms with Crippen molar-refractivity contribution in [3.63, 3.8) is 0 Å². The van der Waals surface area contributed by atoms with Crippen LogP contribution in [0.1, 0.15) is 15.9 Å². The minimum atomic E-state index is -0.0974. The molecule has 1 heterocycles. The van der Waals surface area contributed by atoms with E-state index in [0.29, 0.717) is 0 Å². The summed E-state index contributed by atoms with van der Waals surface area (Å²) < 4.78 is 5.22. The molecule has 0 radical (unpaired) electrons. The molecule has 2 aromatic carbocycles. The third kappa shape index (κ3) is 2.18. The van der Waals surface area contributed by atoms with Gasteiger partial charge in [-0.15, -0.1) is 0 Å². The summed E-state index contributed by atoms with van der Waals surface area (Å²) in [4.78, 5) is 20.2. The summed E-state index contributed by atoms with van der Waals surface area (Å²) >= 11 is 1.50. The molecule has 3 aromatic rings. The number of benzene rings is 2. The lowest BCUT2D eigenvalue weighted by Crippen LogP contribution is -2.11. The third-order valence-electron chi connectivity index (χ3n) is 3.90. The fraction of sp³-hybridized carbons (Fsp3) is 0.176. The maximum Gasteiger partial charge on any atom is 0.176 e. The van der Waals surface area contributed by atoms with Crippen LogP contribution in [0.3, 0.4) is 0 Å². The number of rotatable bonds is 3. The van der Waals surface area contributed by atoms with Crippen LogP contribution in [0.2, 0.25) is 0 Å². The van der Waals surface area contributed by atoms with Crippen molar-refractivity contribution >= 4 is 28.6 Å². The molecule has 1 aliphatic carbocycles. The number of imidazole rings is 1. The van der Waals surface area contributed by atoms with Crippen LogP contribution < -0.4 is 4.74 Å². The Morgan fingerprint density at radius 2 is 2.14 bits per heavy atom. The molecule has 1 N–H and O–H groups in total. The van der Waals surface area contributed by atoms with Crippen LogP contribution in [0, 0.1) is 0 Å². The van der Waals surface area contributed by atoms with E-state index in [1.165, 1.54) is 11.8 Å². The SMILES string of the molecule is COc1ccc2nc(SC3Cc4ccccc4C3=O)[nH]c2c1. The largest absolute Gasteiger partial charge is 0.497 e. The van der Waals surface area contributed by atoms with Crippen LogP contribution in [-0.4, -0.2) is 28.1 Å². The number of aromatic nitrogens is 2.